The van der Waals surface area contributed by atoms with E-state index in [9.17, 15) is 41.4 Å². The molecule has 0 spiro atoms. The van der Waals surface area contributed by atoms with Crippen LogP contribution in [0, 0.1) is 0 Å². The Morgan fingerprint density at radius 3 is 2.62 bits per heavy atom. The zero-order valence-electron chi connectivity index (χ0n) is 24.6. The van der Waals surface area contributed by atoms with Gasteiger partial charge in [-0.1, -0.05) is 6.92 Å². The van der Waals surface area contributed by atoms with E-state index >= 15 is 0 Å². The molecule has 1 saturated heterocycles. The summed E-state index contributed by atoms with van der Waals surface area (Å²) in [4.78, 5) is 45.1. The number of hydrogen-bond acceptors (Lipinski definition) is 10. The highest BCUT2D eigenvalue weighted by Crippen LogP contribution is 2.38. The molecule has 0 atom stereocenters. The van der Waals surface area contributed by atoms with Gasteiger partial charge < -0.3 is 31.1 Å². The smallest absolute Gasteiger partial charge is 0.426 e. The lowest BCUT2D eigenvalue weighted by Gasteiger charge is -2.37. The fourth-order valence-corrected chi connectivity index (χ4v) is 4.98. The van der Waals surface area contributed by atoms with E-state index in [4.69, 9.17) is 4.74 Å². The maximum atomic E-state index is 13.8. The van der Waals surface area contributed by atoms with Crippen LogP contribution < -0.4 is 26.0 Å². The second kappa shape index (κ2) is 13.3. The lowest BCUT2D eigenvalue weighted by Crippen LogP contribution is -2.64. The predicted molar refractivity (Wildman–Crippen MR) is 154 cm³/mol. The number of benzene rings is 1. The van der Waals surface area contributed by atoms with Gasteiger partial charge in [-0.3, -0.25) is 23.5 Å². The lowest BCUT2D eigenvalue weighted by atomic mass is 9.97. The molecular formula is C28H28F5N9O5. The molecule has 250 valence electrons. The molecular weight excluding hydrogens is 637 g/mol. The Morgan fingerprint density at radius 2 is 1.98 bits per heavy atom. The molecule has 4 heterocycles. The normalized spacial score (nSPS) is 14.1. The van der Waals surface area contributed by atoms with Gasteiger partial charge >= 0.3 is 6.18 Å². The molecule has 1 fully saturated rings. The summed E-state index contributed by atoms with van der Waals surface area (Å²) in [6.07, 6.45) is -3.15. The number of β-amino-alcohol motifs (C(OH)–C–C–N with tert-alkyl or cyclic N) is 1. The minimum atomic E-state index is -4.95. The van der Waals surface area contributed by atoms with Crippen LogP contribution in [-0.2, 0) is 28.7 Å². The van der Waals surface area contributed by atoms with Crippen molar-refractivity contribution in [2.24, 2.45) is 0 Å². The summed E-state index contributed by atoms with van der Waals surface area (Å²) < 4.78 is 74.2. The number of nitrogens with zero attached hydrogens (tertiary/aromatic N) is 5. The van der Waals surface area contributed by atoms with Gasteiger partial charge in [-0.2, -0.15) is 18.3 Å². The number of alkyl halides is 5. The first-order chi connectivity index (χ1) is 22.3. The largest absolute Gasteiger partial charge is 0.435 e. The Hall–Kier alpha value is -5.17. The first-order valence-electron chi connectivity index (χ1n) is 14.1. The van der Waals surface area contributed by atoms with Crippen LogP contribution in [0.4, 0.5) is 33.5 Å². The van der Waals surface area contributed by atoms with Gasteiger partial charge in [0.05, 0.1) is 29.7 Å². The number of amides is 2. The van der Waals surface area contributed by atoms with Gasteiger partial charge in [-0.25, -0.2) is 18.7 Å². The van der Waals surface area contributed by atoms with Gasteiger partial charge in [0.1, 0.15) is 12.1 Å². The fraction of sp³-hybridized carbons (Fsp3) is 0.357. The molecule has 0 bridgehead atoms. The van der Waals surface area contributed by atoms with E-state index < -0.39 is 47.8 Å². The molecule has 0 unspecified atom stereocenters. The van der Waals surface area contributed by atoms with Crippen molar-refractivity contribution in [3.8, 4) is 17.0 Å². The van der Waals surface area contributed by atoms with Gasteiger partial charge in [0.15, 0.2) is 22.9 Å². The molecule has 14 nitrogen and oxygen atoms in total. The molecule has 5 N–H and O–H groups in total. The summed E-state index contributed by atoms with van der Waals surface area (Å²) in [5.41, 5.74) is -2.44. The van der Waals surface area contributed by atoms with Crippen LogP contribution in [0.25, 0.3) is 16.9 Å². The lowest BCUT2D eigenvalue weighted by molar-refractivity contribution is -0.141. The zero-order valence-corrected chi connectivity index (χ0v) is 24.6. The van der Waals surface area contributed by atoms with Gasteiger partial charge in [0.2, 0.25) is 5.91 Å². The predicted octanol–water partition coefficient (Wildman–Crippen LogP) is 1.90. The van der Waals surface area contributed by atoms with Crippen LogP contribution in [0.5, 0.6) is 5.75 Å². The molecule has 1 aliphatic rings. The van der Waals surface area contributed by atoms with Crippen LogP contribution in [0.15, 0.2) is 36.9 Å². The van der Waals surface area contributed by atoms with Crippen molar-refractivity contribution in [2.45, 2.75) is 38.1 Å². The maximum absolute atomic E-state index is 13.8. The van der Waals surface area contributed by atoms with Crippen molar-refractivity contribution >= 4 is 35.4 Å². The van der Waals surface area contributed by atoms with Crippen LogP contribution >= 0.6 is 0 Å². The highest BCUT2D eigenvalue weighted by molar-refractivity contribution is 5.99. The first kappa shape index (κ1) is 33.2. The molecule has 2 amide bonds. The fourth-order valence-electron chi connectivity index (χ4n) is 4.98. The van der Waals surface area contributed by atoms with Crippen molar-refractivity contribution in [3.05, 3.63) is 53.7 Å². The zero-order chi connectivity index (χ0) is 33.9. The first-order valence-corrected chi connectivity index (χ1v) is 14.1. The number of ether oxygens (including phenoxy) is 1. The van der Waals surface area contributed by atoms with Gasteiger partial charge in [-0.05, 0) is 18.6 Å². The highest BCUT2D eigenvalue weighted by atomic mass is 19.4. The third kappa shape index (κ3) is 7.14. The molecule has 0 aliphatic carbocycles. The van der Waals surface area contributed by atoms with E-state index in [1.54, 1.807) is 6.92 Å². The molecule has 0 saturated carbocycles. The van der Waals surface area contributed by atoms with E-state index in [1.165, 1.54) is 28.9 Å². The van der Waals surface area contributed by atoms with Gasteiger partial charge in [-0.15, -0.1) is 0 Å². The number of anilines is 2. The second-order valence-corrected chi connectivity index (χ2v) is 10.6. The molecule has 5 rings (SSSR count). The number of fused-ring (bicyclic) bond motifs is 1. The number of carbonyl (C=O) groups excluding carboxylic acids is 3. The quantitative estimate of drug-likeness (QED) is 0.105. The van der Waals surface area contributed by atoms with Crippen LogP contribution in [-0.4, -0.2) is 85.7 Å². The third-order valence-corrected chi connectivity index (χ3v) is 7.27. The van der Waals surface area contributed by atoms with Gasteiger partial charge in [0.25, 0.3) is 18.8 Å². The number of nitrogens with one attached hydrogen (secondary N) is 4. The third-order valence-electron chi connectivity index (χ3n) is 7.27. The van der Waals surface area contributed by atoms with Crippen molar-refractivity contribution in [2.75, 3.05) is 31.5 Å². The summed E-state index contributed by atoms with van der Waals surface area (Å²) in [5.74, 6) is -1.21. The summed E-state index contributed by atoms with van der Waals surface area (Å²) >= 11 is 0. The molecule has 3 aromatic heterocycles. The number of carbonyl (C=O) groups is 3. The van der Waals surface area contributed by atoms with Crippen LogP contribution in [0.2, 0.25) is 0 Å². The Kier molecular flexibility index (Phi) is 9.38. The molecule has 47 heavy (non-hydrogen) atoms. The average Bonchev–Trinajstić information content (AvgIpc) is 3.63. The topological polar surface area (TPSA) is 177 Å². The molecule has 1 aliphatic heterocycles. The van der Waals surface area contributed by atoms with Crippen molar-refractivity contribution in [1.82, 2.24) is 40.1 Å². The number of aliphatic hydroxyl groups is 1. The van der Waals surface area contributed by atoms with E-state index in [0.717, 1.165) is 12.4 Å². The van der Waals surface area contributed by atoms with Crippen molar-refractivity contribution < 1.29 is 46.2 Å². The number of rotatable bonds is 13. The van der Waals surface area contributed by atoms with E-state index in [0.29, 0.717) is 17.8 Å². The van der Waals surface area contributed by atoms with Crippen molar-refractivity contribution in [3.63, 3.8) is 0 Å². The standard InChI is InChI=1S/C28H28F5N9O5/c1-2-15-16(26(45)37-8-21(44)38-13-27(46)11-34-12-27)3-4-18(22(15)47-14-43)39-24-25-36-7-19(42(25)6-5-35-24)17-9-41(10-20(29)30)40-23(17)28(31,32)33/h3-7,9,14,20,34,46H,2,8,10-13H2,1H3,(H,35,39)(H,37,45)(H,38,44). The summed E-state index contributed by atoms with van der Waals surface area (Å²) in [6, 6.07) is 2.82. The minimum absolute atomic E-state index is 0.0112. The number of imidazole rings is 1. The number of hydrogen-bond donors (Lipinski definition) is 5. The average molecular weight is 666 g/mol. The summed E-state index contributed by atoms with van der Waals surface area (Å²) in [7, 11) is 0. The molecule has 1 aromatic carbocycles. The van der Waals surface area contributed by atoms with Gasteiger partial charge in [0, 0.05) is 49.4 Å². The van der Waals surface area contributed by atoms with Crippen LogP contribution in [0.1, 0.15) is 28.5 Å². The molecule has 19 heteroatoms. The monoisotopic (exact) mass is 665 g/mol. The molecule has 4 aromatic rings. The number of aromatic nitrogens is 5. The summed E-state index contributed by atoms with van der Waals surface area (Å²) in [6.45, 7) is 1.08. The van der Waals surface area contributed by atoms with Crippen LogP contribution in [0.3, 0.4) is 0 Å². The Morgan fingerprint density at radius 1 is 1.21 bits per heavy atom. The Labute approximate surface area is 262 Å². The summed E-state index contributed by atoms with van der Waals surface area (Å²) in [5, 5.41) is 24.3. The Balaban J connectivity index is 1.41. The SMILES string of the molecule is CCc1c(C(=O)NCC(=O)NCC2(O)CNC2)ccc(Nc2nccn3c(-c4cn(CC(F)F)nc4C(F)(F)F)cnc23)c1OC=O. The van der Waals surface area contributed by atoms with Crippen molar-refractivity contribution in [1.29, 1.82) is 0 Å². The minimum Gasteiger partial charge on any atom is -0.426 e. The van der Waals surface area contributed by atoms with E-state index in [2.05, 4.69) is 36.3 Å². The van der Waals surface area contributed by atoms with E-state index in [-0.39, 0.29) is 65.7 Å². The second-order valence-electron chi connectivity index (χ2n) is 10.6. The van der Waals surface area contributed by atoms with E-state index in [1.807, 2.05) is 0 Å². The highest BCUT2D eigenvalue weighted by Gasteiger charge is 2.39. The maximum Gasteiger partial charge on any atom is 0.435 e. The number of halogens is 5. The Bertz CT molecular complexity index is 1800. The molecule has 0 radical (unpaired) electrons.